The highest BCUT2D eigenvalue weighted by atomic mass is 35.5. The zero-order chi connectivity index (χ0) is 13.8. The Kier molecular flexibility index (Phi) is 4.94. The van der Waals surface area contributed by atoms with Gasteiger partial charge < -0.3 is 5.73 Å². The van der Waals surface area contributed by atoms with Crippen LogP contribution in [0.4, 0.5) is 8.78 Å². The molecule has 0 bridgehead atoms. The quantitative estimate of drug-likeness (QED) is 0.607. The molecule has 1 aromatic rings. The zero-order valence-electron chi connectivity index (χ0n) is 10.8. The highest BCUT2D eigenvalue weighted by molar-refractivity contribution is 6.30. The van der Waals surface area contributed by atoms with E-state index in [4.69, 9.17) is 17.3 Å². The van der Waals surface area contributed by atoms with E-state index in [0.717, 1.165) is 43.4 Å². The van der Waals surface area contributed by atoms with E-state index in [2.05, 4.69) is 6.08 Å². The van der Waals surface area contributed by atoms with Gasteiger partial charge in [-0.25, -0.2) is 8.78 Å². The van der Waals surface area contributed by atoms with Gasteiger partial charge in [0.25, 0.3) is 0 Å². The van der Waals surface area contributed by atoms with Crippen LogP contribution >= 0.6 is 11.6 Å². The minimum absolute atomic E-state index is 0.189. The molecule has 19 heavy (non-hydrogen) atoms. The van der Waals surface area contributed by atoms with Crippen LogP contribution in [0.5, 0.6) is 0 Å². The van der Waals surface area contributed by atoms with Crippen LogP contribution in [-0.2, 0) is 0 Å². The molecule has 4 heteroatoms. The molecule has 1 aromatic carbocycles. The van der Waals surface area contributed by atoms with Gasteiger partial charge in [-0.05, 0) is 37.8 Å². The summed E-state index contributed by atoms with van der Waals surface area (Å²) < 4.78 is 27.3. The monoisotopic (exact) mass is 285 g/mol. The van der Waals surface area contributed by atoms with Crippen molar-refractivity contribution in [2.45, 2.75) is 44.6 Å². The lowest BCUT2D eigenvalue weighted by molar-refractivity contribution is 0.561. The van der Waals surface area contributed by atoms with Crippen LogP contribution in [0.3, 0.4) is 0 Å². The summed E-state index contributed by atoms with van der Waals surface area (Å²) in [6, 6.07) is 1.53. The normalized spacial score (nSPS) is 21.2. The second-order valence-corrected chi connectivity index (χ2v) is 5.40. The molecule has 0 saturated carbocycles. The van der Waals surface area contributed by atoms with Gasteiger partial charge in [-0.15, -0.1) is 0 Å². The summed E-state index contributed by atoms with van der Waals surface area (Å²) in [5.74, 6) is -1.16. The minimum atomic E-state index is -0.625. The molecular weight excluding hydrogens is 268 g/mol. The Morgan fingerprint density at radius 2 is 1.79 bits per heavy atom. The average Bonchev–Trinajstić information content (AvgIpc) is 2.32. The third kappa shape index (κ3) is 3.54. The van der Waals surface area contributed by atoms with E-state index in [0.29, 0.717) is 0 Å². The summed E-state index contributed by atoms with van der Waals surface area (Å²) >= 11 is 5.55. The molecule has 1 aliphatic carbocycles. The van der Waals surface area contributed by atoms with Crippen molar-refractivity contribution in [1.29, 1.82) is 0 Å². The fourth-order valence-electron chi connectivity index (χ4n) is 2.48. The summed E-state index contributed by atoms with van der Waals surface area (Å²) in [6.45, 7) is 0. The van der Waals surface area contributed by atoms with Gasteiger partial charge >= 0.3 is 0 Å². The number of hydrogen-bond acceptors (Lipinski definition) is 1. The van der Waals surface area contributed by atoms with Gasteiger partial charge in [0.2, 0.25) is 0 Å². The van der Waals surface area contributed by atoms with Crippen molar-refractivity contribution >= 4 is 11.6 Å². The van der Waals surface area contributed by atoms with E-state index in [1.54, 1.807) is 0 Å². The molecule has 104 valence electrons. The molecule has 0 heterocycles. The van der Waals surface area contributed by atoms with E-state index in [-0.39, 0.29) is 10.6 Å². The fraction of sp³-hybridized carbons (Fsp3) is 0.467. The van der Waals surface area contributed by atoms with E-state index >= 15 is 0 Å². The van der Waals surface area contributed by atoms with Crippen molar-refractivity contribution in [3.05, 3.63) is 46.0 Å². The maximum absolute atomic E-state index is 13.9. The molecule has 0 fully saturated rings. The van der Waals surface area contributed by atoms with E-state index in [1.807, 2.05) is 0 Å². The van der Waals surface area contributed by atoms with Crippen molar-refractivity contribution in [2.75, 3.05) is 0 Å². The maximum Gasteiger partial charge on any atom is 0.142 e. The Hall–Kier alpha value is -0.930. The molecule has 1 aliphatic rings. The first-order valence-corrected chi connectivity index (χ1v) is 7.06. The minimum Gasteiger partial charge on any atom is -0.320 e. The molecule has 1 nitrogen and oxygen atoms in total. The summed E-state index contributed by atoms with van der Waals surface area (Å²) in [5.41, 5.74) is 7.28. The first-order valence-electron chi connectivity index (χ1n) is 6.68. The smallest absolute Gasteiger partial charge is 0.142 e. The molecule has 0 spiro atoms. The van der Waals surface area contributed by atoms with E-state index in [1.165, 1.54) is 12.8 Å². The molecule has 0 amide bonds. The first-order chi connectivity index (χ1) is 9.09. The lowest BCUT2D eigenvalue weighted by Crippen LogP contribution is -2.16. The van der Waals surface area contributed by atoms with Gasteiger partial charge in [-0.1, -0.05) is 36.1 Å². The van der Waals surface area contributed by atoms with Gasteiger partial charge in [-0.3, -0.25) is 0 Å². The van der Waals surface area contributed by atoms with Crippen molar-refractivity contribution in [3.63, 3.8) is 0 Å². The molecule has 0 saturated heterocycles. The summed E-state index contributed by atoms with van der Waals surface area (Å²) in [7, 11) is 0. The molecule has 1 atom stereocenters. The van der Waals surface area contributed by atoms with Crippen molar-refractivity contribution in [3.8, 4) is 0 Å². The molecule has 0 aliphatic heterocycles. The Morgan fingerprint density at radius 3 is 2.58 bits per heavy atom. The molecule has 2 rings (SSSR count). The lowest BCUT2D eigenvalue weighted by Gasteiger charge is -2.19. The van der Waals surface area contributed by atoms with Crippen LogP contribution in [0, 0.1) is 11.6 Å². The number of rotatable bonds is 2. The van der Waals surface area contributed by atoms with Gasteiger partial charge in [-0.2, -0.15) is 0 Å². The van der Waals surface area contributed by atoms with Crippen LogP contribution in [0.15, 0.2) is 23.8 Å². The molecular formula is C15H18ClF2N. The first kappa shape index (κ1) is 14.5. The highest BCUT2D eigenvalue weighted by Crippen LogP contribution is 2.30. The number of nitrogens with two attached hydrogens (primary N) is 1. The van der Waals surface area contributed by atoms with Crippen LogP contribution in [0.1, 0.15) is 50.1 Å². The van der Waals surface area contributed by atoms with Crippen LogP contribution < -0.4 is 5.73 Å². The Balaban J connectivity index is 2.27. The fourth-order valence-corrected chi connectivity index (χ4v) is 2.63. The third-order valence-electron chi connectivity index (χ3n) is 3.60. The predicted molar refractivity (Wildman–Crippen MR) is 74.1 cm³/mol. The van der Waals surface area contributed by atoms with Crippen LogP contribution in [0.2, 0.25) is 5.02 Å². The number of allylic oxidation sites excluding steroid dienone is 1. The Bertz CT molecular complexity index is 485. The second kappa shape index (κ2) is 6.49. The molecule has 2 N–H and O–H groups in total. The molecule has 1 unspecified atom stereocenters. The standard InChI is InChI=1S/C15H18ClF2N/c16-12-9-13(17)11(8-14(12)18)15(19)10-6-4-2-1-3-5-7-10/h6,8-9,15H,1-5,7,19H2/b10-6+. The largest absolute Gasteiger partial charge is 0.320 e. The van der Waals surface area contributed by atoms with Gasteiger partial charge in [0.15, 0.2) is 0 Å². The number of hydrogen-bond donors (Lipinski definition) is 1. The average molecular weight is 286 g/mol. The number of benzene rings is 1. The van der Waals surface area contributed by atoms with Crippen LogP contribution in [0.25, 0.3) is 0 Å². The third-order valence-corrected chi connectivity index (χ3v) is 3.89. The van der Waals surface area contributed by atoms with Gasteiger partial charge in [0.1, 0.15) is 11.6 Å². The van der Waals surface area contributed by atoms with E-state index < -0.39 is 17.7 Å². The van der Waals surface area contributed by atoms with Gasteiger partial charge in [0.05, 0.1) is 11.1 Å². The van der Waals surface area contributed by atoms with Crippen molar-refractivity contribution in [2.24, 2.45) is 5.73 Å². The second-order valence-electron chi connectivity index (χ2n) is 5.00. The van der Waals surface area contributed by atoms with Crippen LogP contribution in [-0.4, -0.2) is 0 Å². The Labute approximate surface area is 117 Å². The Morgan fingerprint density at radius 1 is 1.05 bits per heavy atom. The maximum atomic E-state index is 13.9. The SMILES string of the molecule is NC(/C1=C/CCCCCC1)c1cc(F)c(Cl)cc1F. The number of halogens is 3. The summed E-state index contributed by atoms with van der Waals surface area (Å²) in [4.78, 5) is 0. The summed E-state index contributed by atoms with van der Waals surface area (Å²) in [6.07, 6.45) is 8.47. The van der Waals surface area contributed by atoms with Crippen molar-refractivity contribution < 1.29 is 8.78 Å². The summed E-state index contributed by atoms with van der Waals surface area (Å²) in [5, 5.41) is -0.208. The van der Waals surface area contributed by atoms with E-state index in [9.17, 15) is 8.78 Å². The molecule has 0 radical (unpaired) electrons. The zero-order valence-corrected chi connectivity index (χ0v) is 11.5. The molecule has 0 aromatic heterocycles. The predicted octanol–water partition coefficient (Wildman–Crippen LogP) is 4.90. The van der Waals surface area contributed by atoms with Gasteiger partial charge in [0, 0.05) is 5.56 Å². The topological polar surface area (TPSA) is 26.0 Å². The van der Waals surface area contributed by atoms with Crippen molar-refractivity contribution in [1.82, 2.24) is 0 Å². The highest BCUT2D eigenvalue weighted by Gasteiger charge is 2.18. The lowest BCUT2D eigenvalue weighted by atomic mass is 9.91.